The fraction of sp³-hybridized carbons (Fsp3) is 0.556. The average molecular weight is 379 g/mol. The lowest BCUT2D eigenvalue weighted by Crippen LogP contribution is -2.40. The Labute approximate surface area is 156 Å². The van der Waals surface area contributed by atoms with Crippen molar-refractivity contribution in [2.75, 3.05) is 6.61 Å². The third kappa shape index (κ3) is 3.39. The van der Waals surface area contributed by atoms with Gasteiger partial charge in [0.25, 0.3) is 5.91 Å². The van der Waals surface area contributed by atoms with Gasteiger partial charge < -0.3 is 19.7 Å². The molecule has 1 amide bonds. The molecule has 1 unspecified atom stereocenters. The van der Waals surface area contributed by atoms with Crippen LogP contribution >= 0.6 is 11.6 Å². The van der Waals surface area contributed by atoms with E-state index >= 15 is 0 Å². The summed E-state index contributed by atoms with van der Waals surface area (Å²) in [5.41, 5.74) is 2.85. The molecule has 2 aliphatic rings. The predicted octanol–water partition coefficient (Wildman–Crippen LogP) is 1.52. The largest absolute Gasteiger partial charge is 0.391 e. The van der Waals surface area contributed by atoms with Gasteiger partial charge in [-0.25, -0.2) is 0 Å². The molecule has 2 aromatic heterocycles. The molecule has 26 heavy (non-hydrogen) atoms. The van der Waals surface area contributed by atoms with Crippen molar-refractivity contribution >= 4 is 17.5 Å². The van der Waals surface area contributed by atoms with Gasteiger partial charge in [0, 0.05) is 31.9 Å². The van der Waals surface area contributed by atoms with Crippen LogP contribution in [0.1, 0.15) is 34.6 Å². The molecule has 0 saturated heterocycles. The number of fused-ring (bicyclic) bond motifs is 1. The number of aliphatic hydroxyl groups is 1. The molecule has 1 fully saturated rings. The van der Waals surface area contributed by atoms with E-state index in [-0.39, 0.29) is 17.9 Å². The SMILES string of the molecule is Cn1c(C(=O)N[C@@H]2CC(Cn3cc(Cl)cn3)C[C@H]2O)cc2c1CCOC2. The summed E-state index contributed by atoms with van der Waals surface area (Å²) < 4.78 is 9.19. The van der Waals surface area contributed by atoms with Crippen molar-refractivity contribution in [3.8, 4) is 0 Å². The van der Waals surface area contributed by atoms with Gasteiger partial charge in [0.2, 0.25) is 0 Å². The predicted molar refractivity (Wildman–Crippen MR) is 96.0 cm³/mol. The van der Waals surface area contributed by atoms with E-state index in [2.05, 4.69) is 10.4 Å². The lowest BCUT2D eigenvalue weighted by molar-refractivity contribution is 0.0864. The molecule has 0 bridgehead atoms. The second kappa shape index (κ2) is 7.06. The summed E-state index contributed by atoms with van der Waals surface area (Å²) in [6.07, 6.45) is 5.01. The smallest absolute Gasteiger partial charge is 0.268 e. The maximum absolute atomic E-state index is 12.7. The summed E-state index contributed by atoms with van der Waals surface area (Å²) in [6, 6.07) is 1.65. The van der Waals surface area contributed by atoms with E-state index in [1.165, 1.54) is 0 Å². The van der Waals surface area contributed by atoms with E-state index in [0.717, 1.165) is 24.1 Å². The number of aromatic nitrogens is 3. The van der Waals surface area contributed by atoms with E-state index in [9.17, 15) is 9.90 Å². The van der Waals surface area contributed by atoms with Gasteiger partial charge in [-0.3, -0.25) is 9.48 Å². The van der Waals surface area contributed by atoms with Gasteiger partial charge in [-0.15, -0.1) is 0 Å². The van der Waals surface area contributed by atoms with E-state index in [4.69, 9.17) is 16.3 Å². The number of hydrogen-bond donors (Lipinski definition) is 2. The van der Waals surface area contributed by atoms with Crippen LogP contribution < -0.4 is 5.32 Å². The third-order valence-electron chi connectivity index (χ3n) is 5.41. The first-order valence-corrected chi connectivity index (χ1v) is 9.31. The Morgan fingerprint density at radius 1 is 1.50 bits per heavy atom. The maximum Gasteiger partial charge on any atom is 0.268 e. The summed E-state index contributed by atoms with van der Waals surface area (Å²) in [4.78, 5) is 12.7. The lowest BCUT2D eigenvalue weighted by Gasteiger charge is -2.17. The van der Waals surface area contributed by atoms with Crippen molar-refractivity contribution in [2.45, 2.75) is 44.6 Å². The summed E-state index contributed by atoms with van der Waals surface area (Å²) in [5, 5.41) is 18.2. The molecule has 2 aromatic rings. The highest BCUT2D eigenvalue weighted by atomic mass is 35.5. The number of rotatable bonds is 4. The first kappa shape index (κ1) is 17.6. The van der Waals surface area contributed by atoms with Crippen LogP contribution in [0.15, 0.2) is 18.5 Å². The van der Waals surface area contributed by atoms with Crippen LogP contribution in [-0.2, 0) is 31.4 Å². The van der Waals surface area contributed by atoms with Crippen molar-refractivity contribution in [3.05, 3.63) is 40.4 Å². The molecule has 3 heterocycles. The number of amides is 1. The Bertz CT molecular complexity index is 815. The Balaban J connectivity index is 1.41. The molecule has 1 saturated carbocycles. The standard InChI is InChI=1S/C18H23ClN4O3/c1-22-15-2-3-26-10-12(15)6-16(22)18(25)21-14-4-11(5-17(14)24)8-23-9-13(19)7-20-23/h6-7,9,11,14,17,24H,2-5,8,10H2,1H3,(H,21,25)/t11?,14-,17-/m1/s1. The van der Waals surface area contributed by atoms with E-state index < -0.39 is 6.10 Å². The van der Waals surface area contributed by atoms with Crippen molar-refractivity contribution in [3.63, 3.8) is 0 Å². The van der Waals surface area contributed by atoms with Crippen LogP contribution in [0, 0.1) is 5.92 Å². The number of ether oxygens (including phenoxy) is 1. The molecule has 8 heteroatoms. The Morgan fingerprint density at radius 3 is 3.08 bits per heavy atom. The number of aliphatic hydroxyl groups excluding tert-OH is 1. The molecule has 0 radical (unpaired) electrons. The van der Waals surface area contributed by atoms with Crippen molar-refractivity contribution in [1.82, 2.24) is 19.7 Å². The molecule has 0 aromatic carbocycles. The zero-order valence-corrected chi connectivity index (χ0v) is 15.4. The Kier molecular flexibility index (Phi) is 4.77. The summed E-state index contributed by atoms with van der Waals surface area (Å²) in [6.45, 7) is 1.93. The molecule has 1 aliphatic heterocycles. The van der Waals surface area contributed by atoms with Gasteiger partial charge >= 0.3 is 0 Å². The molecular weight excluding hydrogens is 356 g/mol. The summed E-state index contributed by atoms with van der Waals surface area (Å²) in [7, 11) is 1.91. The molecule has 7 nitrogen and oxygen atoms in total. The zero-order valence-electron chi connectivity index (χ0n) is 14.7. The second-order valence-electron chi connectivity index (χ2n) is 7.23. The maximum atomic E-state index is 12.7. The third-order valence-corrected chi connectivity index (χ3v) is 5.61. The molecule has 140 valence electrons. The van der Waals surface area contributed by atoms with Gasteiger partial charge in [0.05, 0.1) is 36.6 Å². The van der Waals surface area contributed by atoms with Crippen LogP contribution in [0.5, 0.6) is 0 Å². The van der Waals surface area contributed by atoms with Gasteiger partial charge in [-0.2, -0.15) is 5.10 Å². The highest BCUT2D eigenvalue weighted by Gasteiger charge is 2.35. The minimum absolute atomic E-state index is 0.145. The van der Waals surface area contributed by atoms with E-state index in [1.54, 1.807) is 17.1 Å². The van der Waals surface area contributed by atoms with Crippen LogP contribution in [0.2, 0.25) is 5.02 Å². The van der Waals surface area contributed by atoms with Crippen LogP contribution in [0.25, 0.3) is 0 Å². The van der Waals surface area contributed by atoms with Crippen LogP contribution in [0.3, 0.4) is 0 Å². The summed E-state index contributed by atoms with van der Waals surface area (Å²) in [5.74, 6) is 0.106. The molecular formula is C18H23ClN4O3. The summed E-state index contributed by atoms with van der Waals surface area (Å²) >= 11 is 5.90. The molecule has 1 aliphatic carbocycles. The van der Waals surface area contributed by atoms with Crippen LogP contribution in [-0.4, -0.2) is 44.1 Å². The normalized spacial score (nSPS) is 25.3. The van der Waals surface area contributed by atoms with Gasteiger partial charge in [-0.05, 0) is 30.4 Å². The van der Waals surface area contributed by atoms with Crippen LogP contribution in [0.4, 0.5) is 0 Å². The minimum Gasteiger partial charge on any atom is -0.391 e. The quantitative estimate of drug-likeness (QED) is 0.845. The lowest BCUT2D eigenvalue weighted by atomic mass is 10.1. The fourth-order valence-corrected chi connectivity index (χ4v) is 4.25. The molecule has 4 rings (SSSR count). The van der Waals surface area contributed by atoms with E-state index in [1.807, 2.05) is 17.7 Å². The second-order valence-corrected chi connectivity index (χ2v) is 7.66. The van der Waals surface area contributed by atoms with Crippen molar-refractivity contribution in [2.24, 2.45) is 13.0 Å². The van der Waals surface area contributed by atoms with Gasteiger partial charge in [0.1, 0.15) is 5.69 Å². The molecule has 3 atom stereocenters. The Hall–Kier alpha value is -1.83. The number of carbonyl (C=O) groups is 1. The average Bonchev–Trinajstić information content (AvgIpc) is 3.27. The number of hydrogen-bond acceptors (Lipinski definition) is 4. The first-order chi connectivity index (χ1) is 12.5. The highest BCUT2D eigenvalue weighted by molar-refractivity contribution is 6.30. The molecule has 0 spiro atoms. The first-order valence-electron chi connectivity index (χ1n) is 8.93. The van der Waals surface area contributed by atoms with E-state index in [0.29, 0.717) is 36.9 Å². The molecule has 2 N–H and O–H groups in total. The van der Waals surface area contributed by atoms with Crippen molar-refractivity contribution < 1.29 is 14.6 Å². The number of nitrogens with one attached hydrogen (secondary N) is 1. The topological polar surface area (TPSA) is 81.3 Å². The van der Waals surface area contributed by atoms with Crippen molar-refractivity contribution in [1.29, 1.82) is 0 Å². The minimum atomic E-state index is -0.548. The highest BCUT2D eigenvalue weighted by Crippen LogP contribution is 2.28. The Morgan fingerprint density at radius 2 is 2.35 bits per heavy atom. The number of carbonyl (C=O) groups excluding carboxylic acids is 1. The van der Waals surface area contributed by atoms with Gasteiger partial charge in [0.15, 0.2) is 0 Å². The monoisotopic (exact) mass is 378 g/mol. The fourth-order valence-electron chi connectivity index (χ4n) is 4.10. The number of nitrogens with zero attached hydrogens (tertiary/aromatic N) is 3. The zero-order chi connectivity index (χ0) is 18.3. The number of halogens is 1. The van der Waals surface area contributed by atoms with Gasteiger partial charge in [-0.1, -0.05) is 11.6 Å².